The number of rotatable bonds is 4. The van der Waals surface area contributed by atoms with E-state index in [9.17, 15) is 9.59 Å². The minimum atomic E-state index is -0.449. The lowest BCUT2D eigenvalue weighted by Gasteiger charge is -2.39. The molecule has 2 amide bonds. The zero-order chi connectivity index (χ0) is 17.1. The number of benzene rings is 1. The Balaban J connectivity index is 1.65. The van der Waals surface area contributed by atoms with Crippen LogP contribution in [0.5, 0.6) is 0 Å². The Morgan fingerprint density at radius 3 is 2.50 bits per heavy atom. The van der Waals surface area contributed by atoms with Crippen LogP contribution in [0.3, 0.4) is 0 Å². The number of fused-ring (bicyclic) bond motifs is 1. The molecule has 0 bridgehead atoms. The number of hydrogen-bond acceptors (Lipinski definition) is 4. The first-order valence-corrected chi connectivity index (χ1v) is 8.42. The van der Waals surface area contributed by atoms with Crippen molar-refractivity contribution in [2.24, 2.45) is 0 Å². The smallest absolute Gasteiger partial charge is 0.249 e. The number of carbonyl (C=O) groups excluding carboxylic acids is 2. The summed E-state index contributed by atoms with van der Waals surface area (Å²) in [4.78, 5) is 28.8. The van der Waals surface area contributed by atoms with Gasteiger partial charge < -0.3 is 19.9 Å². The van der Waals surface area contributed by atoms with Gasteiger partial charge in [-0.05, 0) is 31.0 Å². The van der Waals surface area contributed by atoms with E-state index in [0.29, 0.717) is 13.1 Å². The molecule has 6 heteroatoms. The van der Waals surface area contributed by atoms with Crippen molar-refractivity contribution in [3.8, 4) is 0 Å². The molecule has 1 saturated heterocycles. The van der Waals surface area contributed by atoms with Gasteiger partial charge >= 0.3 is 0 Å². The summed E-state index contributed by atoms with van der Waals surface area (Å²) < 4.78 is 4.95. The Morgan fingerprint density at radius 2 is 1.88 bits per heavy atom. The second-order valence-electron chi connectivity index (χ2n) is 6.68. The van der Waals surface area contributed by atoms with E-state index < -0.39 is 6.04 Å². The second kappa shape index (κ2) is 7.32. The number of likely N-dealkylation sites (N-methyl/N-ethyl adjacent to an activating group) is 1. The molecule has 0 spiro atoms. The summed E-state index contributed by atoms with van der Waals surface area (Å²) in [7, 11) is 3.47. The van der Waals surface area contributed by atoms with Crippen LogP contribution >= 0.6 is 0 Å². The van der Waals surface area contributed by atoms with E-state index in [1.807, 2.05) is 19.2 Å². The number of nitrogens with zero attached hydrogens (tertiary/aromatic N) is 2. The van der Waals surface area contributed by atoms with E-state index in [-0.39, 0.29) is 24.5 Å². The Labute approximate surface area is 142 Å². The minimum absolute atomic E-state index is 0.0162. The molecule has 0 aromatic heterocycles. The molecule has 0 saturated carbocycles. The van der Waals surface area contributed by atoms with Crippen molar-refractivity contribution in [3.05, 3.63) is 35.4 Å². The van der Waals surface area contributed by atoms with Crippen LogP contribution < -0.4 is 5.32 Å². The van der Waals surface area contributed by atoms with Crippen LogP contribution in [0.15, 0.2) is 24.3 Å². The summed E-state index contributed by atoms with van der Waals surface area (Å²) >= 11 is 0. The Bertz CT molecular complexity index is 594. The lowest BCUT2D eigenvalue weighted by atomic mass is 10.1. The fourth-order valence-electron chi connectivity index (χ4n) is 3.61. The Kier molecular flexibility index (Phi) is 5.16. The van der Waals surface area contributed by atoms with Crippen LogP contribution in [0, 0.1) is 0 Å². The predicted octanol–water partition coefficient (Wildman–Crippen LogP) is 0.0590. The van der Waals surface area contributed by atoms with Gasteiger partial charge in [0, 0.05) is 32.8 Å². The van der Waals surface area contributed by atoms with E-state index >= 15 is 0 Å². The molecule has 1 aromatic carbocycles. The number of nitrogens with one attached hydrogen (secondary N) is 1. The molecule has 1 aliphatic heterocycles. The van der Waals surface area contributed by atoms with Gasteiger partial charge in [0.15, 0.2) is 0 Å². The molecule has 1 fully saturated rings. The fraction of sp³-hybridized carbons (Fsp3) is 0.556. The van der Waals surface area contributed by atoms with Crippen molar-refractivity contribution in [2.75, 3.05) is 40.4 Å². The summed E-state index contributed by atoms with van der Waals surface area (Å²) in [6.45, 7) is 1.90. The lowest BCUT2D eigenvalue weighted by Crippen LogP contribution is -2.61. The zero-order valence-electron chi connectivity index (χ0n) is 14.3. The molecule has 2 aliphatic rings. The van der Waals surface area contributed by atoms with Crippen LogP contribution in [0.4, 0.5) is 0 Å². The molecule has 1 aromatic rings. The van der Waals surface area contributed by atoms with Crippen molar-refractivity contribution >= 4 is 11.8 Å². The highest BCUT2D eigenvalue weighted by Gasteiger charge is 2.35. The number of amides is 2. The third-order valence-electron chi connectivity index (χ3n) is 4.87. The van der Waals surface area contributed by atoms with E-state index in [1.54, 1.807) is 4.90 Å². The van der Waals surface area contributed by atoms with Crippen molar-refractivity contribution in [1.82, 2.24) is 15.1 Å². The number of hydrogen-bond donors (Lipinski definition) is 1. The molecule has 3 rings (SSSR count). The standard InChI is InChI=1S/C18H25N3O3/c1-20-7-8-21(17(22)12-24-2)16(11-20)18(23)19-15-9-13-5-3-4-6-14(13)10-15/h3-6,15-16H,7-12H2,1-2H3,(H,19,23). The summed E-state index contributed by atoms with van der Waals surface area (Å²) in [5.74, 6) is -0.190. The van der Waals surface area contributed by atoms with Gasteiger partial charge in [0.1, 0.15) is 12.6 Å². The predicted molar refractivity (Wildman–Crippen MR) is 90.7 cm³/mol. The summed E-state index contributed by atoms with van der Waals surface area (Å²) in [6, 6.07) is 7.96. The summed E-state index contributed by atoms with van der Waals surface area (Å²) in [5, 5.41) is 3.14. The third kappa shape index (κ3) is 3.60. The molecule has 130 valence electrons. The molecule has 0 radical (unpaired) electrons. The quantitative estimate of drug-likeness (QED) is 0.847. The average molecular weight is 331 g/mol. The van der Waals surface area contributed by atoms with Gasteiger partial charge in [-0.2, -0.15) is 0 Å². The maximum absolute atomic E-state index is 12.8. The average Bonchev–Trinajstić information content (AvgIpc) is 2.97. The van der Waals surface area contributed by atoms with Crippen molar-refractivity contribution in [2.45, 2.75) is 24.9 Å². The topological polar surface area (TPSA) is 61.9 Å². The van der Waals surface area contributed by atoms with Gasteiger partial charge in [-0.3, -0.25) is 9.59 Å². The van der Waals surface area contributed by atoms with Gasteiger partial charge in [-0.1, -0.05) is 24.3 Å². The largest absolute Gasteiger partial charge is 0.375 e. The van der Waals surface area contributed by atoms with E-state index in [2.05, 4.69) is 22.3 Å². The van der Waals surface area contributed by atoms with E-state index in [4.69, 9.17) is 4.74 Å². The van der Waals surface area contributed by atoms with E-state index in [0.717, 1.165) is 19.4 Å². The van der Waals surface area contributed by atoms with Gasteiger partial charge in [-0.15, -0.1) is 0 Å². The summed E-state index contributed by atoms with van der Waals surface area (Å²) in [5.41, 5.74) is 2.60. The van der Waals surface area contributed by atoms with Gasteiger partial charge in [0.2, 0.25) is 11.8 Å². The maximum Gasteiger partial charge on any atom is 0.249 e. The molecule has 1 atom stereocenters. The van der Waals surface area contributed by atoms with Crippen LogP contribution in [0.1, 0.15) is 11.1 Å². The second-order valence-corrected chi connectivity index (χ2v) is 6.68. The van der Waals surface area contributed by atoms with Crippen LogP contribution in [0.25, 0.3) is 0 Å². The highest BCUT2D eigenvalue weighted by molar-refractivity contribution is 5.88. The lowest BCUT2D eigenvalue weighted by molar-refractivity contribution is -0.146. The number of ether oxygens (including phenoxy) is 1. The normalized spacial score (nSPS) is 21.6. The van der Waals surface area contributed by atoms with Crippen molar-refractivity contribution in [3.63, 3.8) is 0 Å². The number of carbonyl (C=O) groups is 2. The third-order valence-corrected chi connectivity index (χ3v) is 4.87. The van der Waals surface area contributed by atoms with Gasteiger partial charge in [0.05, 0.1) is 0 Å². The molecule has 24 heavy (non-hydrogen) atoms. The van der Waals surface area contributed by atoms with Crippen LogP contribution in [-0.4, -0.2) is 74.1 Å². The van der Waals surface area contributed by atoms with Gasteiger partial charge in [0.25, 0.3) is 0 Å². The molecule has 1 heterocycles. The first-order valence-electron chi connectivity index (χ1n) is 8.42. The molecular formula is C18H25N3O3. The number of piperazine rings is 1. The summed E-state index contributed by atoms with van der Waals surface area (Å²) in [6.07, 6.45) is 1.72. The zero-order valence-corrected chi connectivity index (χ0v) is 14.3. The fourth-order valence-corrected chi connectivity index (χ4v) is 3.61. The monoisotopic (exact) mass is 331 g/mol. The van der Waals surface area contributed by atoms with E-state index in [1.165, 1.54) is 18.2 Å². The molecule has 6 nitrogen and oxygen atoms in total. The number of methoxy groups -OCH3 is 1. The van der Waals surface area contributed by atoms with Gasteiger partial charge in [-0.25, -0.2) is 0 Å². The minimum Gasteiger partial charge on any atom is -0.375 e. The van der Waals surface area contributed by atoms with Crippen LogP contribution in [0.2, 0.25) is 0 Å². The highest BCUT2D eigenvalue weighted by atomic mass is 16.5. The Hall–Kier alpha value is -1.92. The SMILES string of the molecule is COCC(=O)N1CCN(C)CC1C(=O)NC1Cc2ccccc2C1. The Morgan fingerprint density at radius 1 is 1.21 bits per heavy atom. The van der Waals surface area contributed by atoms with Crippen molar-refractivity contribution in [1.29, 1.82) is 0 Å². The molecule has 1 unspecified atom stereocenters. The van der Waals surface area contributed by atoms with Crippen LogP contribution in [-0.2, 0) is 27.2 Å². The first-order chi connectivity index (χ1) is 11.6. The molecular weight excluding hydrogens is 306 g/mol. The molecule has 1 aliphatic carbocycles. The molecule has 1 N–H and O–H groups in total. The van der Waals surface area contributed by atoms with Crippen molar-refractivity contribution < 1.29 is 14.3 Å². The first kappa shape index (κ1) is 16.9. The maximum atomic E-state index is 12.8. The highest BCUT2D eigenvalue weighted by Crippen LogP contribution is 2.22.